The molecule has 0 amide bonds. The van der Waals surface area contributed by atoms with Crippen molar-refractivity contribution in [1.29, 1.82) is 0 Å². The van der Waals surface area contributed by atoms with Gasteiger partial charge in [0.2, 0.25) is 0 Å². The molecule has 0 bridgehead atoms. The summed E-state index contributed by atoms with van der Waals surface area (Å²) in [5.74, 6) is -5.77. The highest BCUT2D eigenvalue weighted by Crippen LogP contribution is 2.43. The van der Waals surface area contributed by atoms with Crippen LogP contribution < -0.4 is 4.90 Å². The quantitative estimate of drug-likeness (QED) is 0.145. The molecule has 14 heteroatoms. The molecule has 40 heavy (non-hydrogen) atoms. The molecule has 0 aliphatic heterocycles. The van der Waals surface area contributed by atoms with Gasteiger partial charge in [0.15, 0.2) is 11.5 Å². The summed E-state index contributed by atoms with van der Waals surface area (Å²) in [5, 5.41) is -2.14. The lowest BCUT2D eigenvalue weighted by atomic mass is 9.91. The van der Waals surface area contributed by atoms with E-state index in [0.29, 0.717) is 0 Å². The zero-order valence-corrected chi connectivity index (χ0v) is 20.6. The minimum absolute atomic E-state index is 0.0513. The first-order valence-electron chi connectivity index (χ1n) is 11.2. The zero-order chi connectivity index (χ0) is 29.9. The molecule has 0 unspecified atom stereocenters. The summed E-state index contributed by atoms with van der Waals surface area (Å²) in [7, 11) is 2.35. The minimum atomic E-state index is -5.66. The van der Waals surface area contributed by atoms with E-state index in [1.807, 2.05) is 0 Å². The fourth-order valence-corrected chi connectivity index (χ4v) is 4.28. The first-order valence-corrected chi connectivity index (χ1v) is 11.2. The summed E-state index contributed by atoms with van der Waals surface area (Å²) in [6.07, 6.45) is -16.3. The number of Topliss-reactive ketones (excluding diaryl/α,β-unsaturated/α-hetero) is 2. The largest absolute Gasteiger partial charge is 0.454 e. The van der Waals surface area contributed by atoms with Crippen LogP contribution in [0.15, 0.2) is 42.5 Å². The Morgan fingerprint density at radius 3 is 1.75 bits per heavy atom. The highest BCUT2D eigenvalue weighted by Gasteiger charge is 2.45. The second-order valence-corrected chi connectivity index (χ2v) is 9.01. The number of fused-ring (bicyclic) bond motifs is 3. The molecule has 210 valence electrons. The molecule has 0 atom stereocenters. The number of nitrogens with zero attached hydrogens (tertiary/aromatic N) is 3. The van der Waals surface area contributed by atoms with Crippen LogP contribution in [0.1, 0.15) is 32.0 Å². The van der Waals surface area contributed by atoms with E-state index < -0.39 is 80.1 Å². The fourth-order valence-electron chi connectivity index (χ4n) is 4.28. The number of anilines is 1. The second-order valence-electron chi connectivity index (χ2n) is 9.01. The Morgan fingerprint density at radius 1 is 0.725 bits per heavy atom. The van der Waals surface area contributed by atoms with Gasteiger partial charge in [-0.15, -0.1) is 0 Å². The van der Waals surface area contributed by atoms with Gasteiger partial charge in [0.1, 0.15) is 0 Å². The maximum atomic E-state index is 14.1. The molecule has 0 saturated carbocycles. The number of benzene rings is 3. The number of hydrogen-bond acceptors (Lipinski definition) is 5. The Hall–Kier alpha value is -4.23. The number of rotatable bonds is 4. The Balaban J connectivity index is 2.30. The number of halogens is 9. The molecular weight excluding hydrogens is 557 g/mol. The Kier molecular flexibility index (Phi) is 6.80. The van der Waals surface area contributed by atoms with Crippen LogP contribution in [0, 0.1) is 6.92 Å². The molecule has 0 saturated heterocycles. The van der Waals surface area contributed by atoms with Crippen molar-refractivity contribution >= 4 is 38.9 Å². The fraction of sp³-hybridized carbons (Fsp3) is 0.231. The van der Waals surface area contributed by atoms with Crippen molar-refractivity contribution in [2.45, 2.75) is 25.5 Å². The number of carbonyl (C=O) groups is 2. The Labute approximate surface area is 219 Å². The van der Waals surface area contributed by atoms with Crippen molar-refractivity contribution in [1.82, 2.24) is 9.97 Å². The molecule has 5 nitrogen and oxygen atoms in total. The molecule has 4 aromatic rings. The van der Waals surface area contributed by atoms with Gasteiger partial charge in [-0.3, -0.25) is 9.59 Å². The van der Waals surface area contributed by atoms with Crippen molar-refractivity contribution in [2.75, 3.05) is 19.0 Å². The summed E-state index contributed by atoms with van der Waals surface area (Å²) >= 11 is 0. The third-order valence-corrected chi connectivity index (χ3v) is 5.97. The maximum Gasteiger partial charge on any atom is 0.454 e. The van der Waals surface area contributed by atoms with E-state index in [9.17, 15) is 49.1 Å². The smallest absolute Gasteiger partial charge is 0.377 e. The molecule has 0 spiro atoms. The van der Waals surface area contributed by atoms with Gasteiger partial charge < -0.3 is 4.90 Å². The summed E-state index contributed by atoms with van der Waals surface area (Å²) in [5.41, 5.74) is -4.85. The van der Waals surface area contributed by atoms with E-state index in [4.69, 9.17) is 0 Å². The van der Waals surface area contributed by atoms with Crippen molar-refractivity contribution in [2.24, 2.45) is 0 Å². The van der Waals surface area contributed by atoms with Crippen molar-refractivity contribution in [3.8, 4) is 11.4 Å². The van der Waals surface area contributed by atoms with Crippen LogP contribution in [-0.2, 0) is 6.18 Å². The standard InChI is InChI=1S/C26H16F9N3O2/c1-11-4-6-12(7-5-11)23-36-18-14(20(37-23)24(27,28)29)9-8-13-17(18)15(21(39)25(30,31)32)10-16(19(13)38(2)3)22(40)26(33,34)35/h4-10H,1-3H3. The number of hydrogen-bond donors (Lipinski definition) is 0. The topological polar surface area (TPSA) is 63.2 Å². The van der Waals surface area contributed by atoms with Gasteiger partial charge in [0.05, 0.1) is 16.8 Å². The lowest BCUT2D eigenvalue weighted by Gasteiger charge is -2.23. The highest BCUT2D eigenvalue weighted by molar-refractivity contribution is 6.25. The molecule has 3 aromatic carbocycles. The van der Waals surface area contributed by atoms with Gasteiger partial charge in [-0.1, -0.05) is 35.9 Å². The Morgan fingerprint density at radius 2 is 1.25 bits per heavy atom. The molecule has 1 heterocycles. The number of aromatic nitrogens is 2. The van der Waals surface area contributed by atoms with Crippen LogP contribution in [0.2, 0.25) is 0 Å². The first kappa shape index (κ1) is 28.8. The van der Waals surface area contributed by atoms with Crippen LogP contribution in [0.4, 0.5) is 45.2 Å². The number of aryl methyl sites for hydroxylation is 1. The highest BCUT2D eigenvalue weighted by atomic mass is 19.4. The molecule has 1 aromatic heterocycles. The predicted octanol–water partition coefficient (Wildman–Crippen LogP) is 7.33. The van der Waals surface area contributed by atoms with E-state index >= 15 is 0 Å². The monoisotopic (exact) mass is 573 g/mol. The molecule has 4 rings (SSSR count). The number of ketones is 2. The van der Waals surface area contributed by atoms with Crippen molar-refractivity contribution in [3.05, 3.63) is 64.8 Å². The lowest BCUT2D eigenvalue weighted by Crippen LogP contribution is -2.28. The van der Waals surface area contributed by atoms with Gasteiger partial charge in [0.25, 0.3) is 11.6 Å². The maximum absolute atomic E-state index is 14.1. The molecular formula is C26H16F9N3O2. The first-order chi connectivity index (χ1) is 18.3. The number of alkyl halides is 9. The van der Waals surface area contributed by atoms with Gasteiger partial charge in [-0.05, 0) is 19.1 Å². The summed E-state index contributed by atoms with van der Waals surface area (Å²) < 4.78 is 124. The van der Waals surface area contributed by atoms with Gasteiger partial charge in [-0.25, -0.2) is 9.97 Å². The average molecular weight is 573 g/mol. The molecule has 0 aliphatic rings. The van der Waals surface area contributed by atoms with Crippen LogP contribution >= 0.6 is 0 Å². The molecule has 0 N–H and O–H groups in total. The van der Waals surface area contributed by atoms with Gasteiger partial charge in [0, 0.05) is 41.4 Å². The lowest BCUT2D eigenvalue weighted by molar-refractivity contribution is -0.139. The third-order valence-electron chi connectivity index (χ3n) is 5.97. The Bertz CT molecular complexity index is 1670. The molecule has 0 fully saturated rings. The molecule has 0 radical (unpaired) electrons. The summed E-state index contributed by atoms with van der Waals surface area (Å²) in [6, 6.07) is 7.47. The van der Waals surface area contributed by atoms with E-state index in [2.05, 4.69) is 9.97 Å². The van der Waals surface area contributed by atoms with Crippen molar-refractivity contribution in [3.63, 3.8) is 0 Å². The van der Waals surface area contributed by atoms with Gasteiger partial charge >= 0.3 is 18.5 Å². The van der Waals surface area contributed by atoms with E-state index in [0.717, 1.165) is 22.6 Å². The SMILES string of the molecule is Cc1ccc(-c2nc(C(F)(F)F)c3ccc4c(N(C)C)c(C(=O)C(F)(F)F)cc(C(=O)C(F)(F)F)c4c3n2)cc1. The van der Waals surface area contributed by atoms with Crippen LogP contribution in [-0.4, -0.2) is 48.0 Å². The van der Waals surface area contributed by atoms with Gasteiger partial charge in [-0.2, -0.15) is 39.5 Å². The normalized spacial score (nSPS) is 12.7. The average Bonchev–Trinajstić information content (AvgIpc) is 2.84. The summed E-state index contributed by atoms with van der Waals surface area (Å²) in [6.45, 7) is 1.69. The van der Waals surface area contributed by atoms with E-state index in [1.165, 1.54) is 38.4 Å². The summed E-state index contributed by atoms with van der Waals surface area (Å²) in [4.78, 5) is 33.4. The van der Waals surface area contributed by atoms with E-state index in [-0.39, 0.29) is 11.6 Å². The zero-order valence-electron chi connectivity index (χ0n) is 20.6. The van der Waals surface area contributed by atoms with Crippen LogP contribution in [0.25, 0.3) is 33.1 Å². The third kappa shape index (κ3) is 5.05. The molecule has 0 aliphatic carbocycles. The van der Waals surface area contributed by atoms with Crippen LogP contribution in [0.5, 0.6) is 0 Å². The predicted molar refractivity (Wildman–Crippen MR) is 127 cm³/mol. The second kappa shape index (κ2) is 9.45. The number of carbonyl (C=O) groups excluding carboxylic acids is 2. The van der Waals surface area contributed by atoms with E-state index in [1.54, 1.807) is 6.92 Å². The minimum Gasteiger partial charge on any atom is -0.377 e. The van der Waals surface area contributed by atoms with Crippen LogP contribution in [0.3, 0.4) is 0 Å². The van der Waals surface area contributed by atoms with Crippen molar-refractivity contribution < 1.29 is 49.1 Å².